The van der Waals surface area contributed by atoms with Crippen LogP contribution in [0.15, 0.2) is 22.7 Å². The summed E-state index contributed by atoms with van der Waals surface area (Å²) in [6, 6.07) is 6.21. The van der Waals surface area contributed by atoms with Gasteiger partial charge in [-0.15, -0.1) is 0 Å². The molecule has 34 heavy (non-hydrogen) atoms. The normalized spacial score (nSPS) is 23.4. The molecule has 1 saturated carbocycles. The number of imide groups is 1. The Morgan fingerprint density at radius 1 is 1.09 bits per heavy atom. The first kappa shape index (κ1) is 25.5. The number of nitrogens with zero attached hydrogens (tertiary/aromatic N) is 2. The number of nitrogens with one attached hydrogen (secondary N) is 1. The van der Waals surface area contributed by atoms with Gasteiger partial charge in [-0.05, 0) is 95.1 Å². The van der Waals surface area contributed by atoms with E-state index in [1.807, 2.05) is 6.07 Å². The Hall–Kier alpha value is -1.60. The van der Waals surface area contributed by atoms with Crippen LogP contribution in [0.3, 0.4) is 0 Å². The lowest BCUT2D eigenvalue weighted by atomic mass is 9.90. The quantitative estimate of drug-likeness (QED) is 0.477. The molecule has 6 nitrogen and oxygen atoms in total. The van der Waals surface area contributed by atoms with Crippen molar-refractivity contribution in [3.05, 3.63) is 28.2 Å². The molecule has 1 unspecified atom stereocenters. The summed E-state index contributed by atoms with van der Waals surface area (Å²) in [6.07, 6.45) is 10.3. The number of carbonyl (C=O) groups excluding carboxylic acids is 2. The third-order valence-corrected chi connectivity index (χ3v) is 8.35. The number of hydrogen-bond acceptors (Lipinski definition) is 4. The van der Waals surface area contributed by atoms with Crippen LogP contribution in [0.25, 0.3) is 0 Å². The Morgan fingerprint density at radius 3 is 2.50 bits per heavy atom. The van der Waals surface area contributed by atoms with E-state index in [9.17, 15) is 9.59 Å². The molecule has 1 atom stereocenters. The van der Waals surface area contributed by atoms with E-state index >= 15 is 0 Å². The lowest BCUT2D eigenvalue weighted by Crippen LogP contribution is -2.58. The van der Waals surface area contributed by atoms with Crippen LogP contribution in [-0.4, -0.2) is 59.6 Å². The van der Waals surface area contributed by atoms with Crippen molar-refractivity contribution in [2.45, 2.75) is 96.2 Å². The molecule has 1 aromatic rings. The average Bonchev–Trinajstić information content (AvgIpc) is 2.81. The van der Waals surface area contributed by atoms with Crippen LogP contribution in [0.1, 0.15) is 77.2 Å². The van der Waals surface area contributed by atoms with E-state index in [2.05, 4.69) is 52.1 Å². The second-order valence-corrected chi connectivity index (χ2v) is 11.5. The first-order chi connectivity index (χ1) is 16.4. The van der Waals surface area contributed by atoms with Crippen LogP contribution in [0.2, 0.25) is 0 Å². The highest BCUT2D eigenvalue weighted by Gasteiger charge is 2.37. The smallest absolute Gasteiger partial charge is 0.324 e. The minimum Gasteiger partial charge on any atom is -0.491 e. The summed E-state index contributed by atoms with van der Waals surface area (Å²) >= 11 is 3.71. The number of hydrogen-bond donors (Lipinski definition) is 1. The van der Waals surface area contributed by atoms with Crippen LogP contribution in [0, 0.1) is 5.92 Å². The van der Waals surface area contributed by atoms with Gasteiger partial charge < -0.3 is 15.0 Å². The zero-order valence-corrected chi connectivity index (χ0v) is 22.3. The van der Waals surface area contributed by atoms with Gasteiger partial charge in [0.05, 0.1) is 6.10 Å². The fourth-order valence-electron chi connectivity index (χ4n) is 5.72. The highest BCUT2D eigenvalue weighted by Crippen LogP contribution is 2.30. The fraction of sp³-hybridized carbons (Fsp3) is 0.704. The van der Waals surface area contributed by atoms with Gasteiger partial charge in [-0.2, -0.15) is 0 Å². The minimum absolute atomic E-state index is 0.0219. The number of carbonyl (C=O) groups is 2. The Balaban J connectivity index is 1.20. The van der Waals surface area contributed by atoms with E-state index in [0.717, 1.165) is 68.4 Å². The van der Waals surface area contributed by atoms with Crippen molar-refractivity contribution in [1.82, 2.24) is 15.1 Å². The van der Waals surface area contributed by atoms with E-state index < -0.39 is 0 Å². The van der Waals surface area contributed by atoms with Gasteiger partial charge in [0.25, 0.3) is 0 Å². The number of urea groups is 1. The van der Waals surface area contributed by atoms with Crippen LogP contribution < -0.4 is 10.1 Å². The molecule has 3 aliphatic rings. The molecule has 0 spiro atoms. The molecule has 1 aliphatic carbocycles. The summed E-state index contributed by atoms with van der Waals surface area (Å²) in [5.41, 5.74) is 1.32. The predicted molar refractivity (Wildman–Crippen MR) is 138 cm³/mol. The zero-order valence-electron chi connectivity index (χ0n) is 20.7. The van der Waals surface area contributed by atoms with E-state index in [-0.39, 0.29) is 30.1 Å². The second-order valence-electron chi connectivity index (χ2n) is 10.6. The van der Waals surface area contributed by atoms with Crippen molar-refractivity contribution in [2.24, 2.45) is 5.92 Å². The van der Waals surface area contributed by atoms with Crippen molar-refractivity contribution in [3.63, 3.8) is 0 Å². The minimum atomic E-state index is -0.166. The Labute approximate surface area is 212 Å². The number of amides is 3. The molecule has 1 N–H and O–H groups in total. The molecule has 0 aromatic heterocycles. The largest absolute Gasteiger partial charge is 0.491 e. The van der Waals surface area contributed by atoms with Crippen LogP contribution in [-0.2, 0) is 11.2 Å². The van der Waals surface area contributed by atoms with Crippen molar-refractivity contribution < 1.29 is 14.3 Å². The Kier molecular flexibility index (Phi) is 8.92. The summed E-state index contributed by atoms with van der Waals surface area (Å²) in [6.45, 7) is 7.20. The molecule has 3 fully saturated rings. The molecule has 7 heteroatoms. The molecule has 2 aliphatic heterocycles. The summed E-state index contributed by atoms with van der Waals surface area (Å²) < 4.78 is 7.03. The van der Waals surface area contributed by atoms with E-state index in [0.29, 0.717) is 12.3 Å². The lowest BCUT2D eigenvalue weighted by molar-refractivity contribution is -0.132. The first-order valence-corrected chi connectivity index (χ1v) is 14.0. The van der Waals surface area contributed by atoms with Gasteiger partial charge in [0, 0.05) is 29.5 Å². The summed E-state index contributed by atoms with van der Waals surface area (Å²) in [7, 11) is 0. The first-order valence-electron chi connectivity index (χ1n) is 13.2. The number of ether oxygens (including phenoxy) is 1. The third kappa shape index (κ3) is 6.75. The maximum Gasteiger partial charge on any atom is 0.324 e. The van der Waals surface area contributed by atoms with Gasteiger partial charge in [-0.25, -0.2) is 4.79 Å². The zero-order chi connectivity index (χ0) is 24.1. The molecular formula is C27H40BrN3O3. The van der Waals surface area contributed by atoms with E-state index in [1.54, 1.807) is 0 Å². The highest BCUT2D eigenvalue weighted by molar-refractivity contribution is 9.10. The Morgan fingerprint density at radius 2 is 1.82 bits per heavy atom. The second kappa shape index (κ2) is 11.9. The molecule has 0 bridgehead atoms. The average molecular weight is 535 g/mol. The van der Waals surface area contributed by atoms with Crippen LogP contribution >= 0.6 is 15.9 Å². The van der Waals surface area contributed by atoms with Gasteiger partial charge in [-0.1, -0.05) is 35.2 Å². The summed E-state index contributed by atoms with van der Waals surface area (Å²) in [5.74, 6) is 1.63. The molecule has 1 aromatic carbocycles. The molecular weight excluding hydrogens is 494 g/mol. The van der Waals surface area contributed by atoms with Crippen molar-refractivity contribution in [1.29, 1.82) is 0 Å². The van der Waals surface area contributed by atoms with Crippen molar-refractivity contribution in [2.75, 3.05) is 19.6 Å². The van der Waals surface area contributed by atoms with Crippen molar-refractivity contribution >= 4 is 27.9 Å². The third-order valence-electron chi connectivity index (χ3n) is 7.57. The van der Waals surface area contributed by atoms with Gasteiger partial charge in [0.1, 0.15) is 5.75 Å². The number of halogens is 1. The molecule has 0 radical (unpaired) electrons. The Bertz CT molecular complexity index is 830. The predicted octanol–water partition coefficient (Wildman–Crippen LogP) is 5.52. The summed E-state index contributed by atoms with van der Waals surface area (Å²) in [4.78, 5) is 29.4. The maximum absolute atomic E-state index is 12.7. The molecule has 2 saturated heterocycles. The lowest BCUT2D eigenvalue weighted by Gasteiger charge is -2.39. The monoisotopic (exact) mass is 533 g/mol. The number of rotatable bonds is 8. The van der Waals surface area contributed by atoms with Gasteiger partial charge in [0.2, 0.25) is 5.91 Å². The van der Waals surface area contributed by atoms with Crippen molar-refractivity contribution in [3.8, 4) is 5.75 Å². The number of piperidine rings is 1. The topological polar surface area (TPSA) is 61.9 Å². The maximum atomic E-state index is 12.7. The number of likely N-dealkylation sites (tertiary alicyclic amines) is 1. The summed E-state index contributed by atoms with van der Waals surface area (Å²) in [5, 5.41) is 3.12. The van der Waals surface area contributed by atoms with Crippen LogP contribution in [0.5, 0.6) is 5.75 Å². The standard InChI is InChI=1S/C27H40BrN3O3/c1-19(2)34-24-8-9-25(28)21(17-24)16-20-10-13-30(14-11-20)15-12-22-18-26(32)31(27(33)29-22)23-6-4-3-5-7-23/h8-9,17,19-20,22-23H,3-7,10-16,18H2,1-2H3,(H,29,33). The molecule has 2 heterocycles. The van der Waals surface area contributed by atoms with Crippen LogP contribution in [0.4, 0.5) is 4.79 Å². The van der Waals surface area contributed by atoms with E-state index in [1.165, 1.54) is 29.7 Å². The SMILES string of the molecule is CC(C)Oc1ccc(Br)c(CC2CCN(CCC3CC(=O)N(C4CCCCC4)C(=O)N3)CC2)c1. The fourth-order valence-corrected chi connectivity index (χ4v) is 6.13. The van der Waals surface area contributed by atoms with Gasteiger partial charge in [0.15, 0.2) is 0 Å². The molecule has 188 valence electrons. The molecule has 4 rings (SSSR count). The van der Waals surface area contributed by atoms with Gasteiger partial charge in [-0.3, -0.25) is 9.69 Å². The molecule has 3 amide bonds. The van der Waals surface area contributed by atoms with E-state index in [4.69, 9.17) is 4.74 Å². The number of benzene rings is 1. The highest BCUT2D eigenvalue weighted by atomic mass is 79.9. The van der Waals surface area contributed by atoms with Gasteiger partial charge >= 0.3 is 6.03 Å².